The topological polar surface area (TPSA) is 73.8 Å². The third kappa shape index (κ3) is 4.61. The summed E-state index contributed by atoms with van der Waals surface area (Å²) < 4.78 is 1.78. The Kier molecular flexibility index (Phi) is 5.86. The van der Waals surface area contributed by atoms with Crippen LogP contribution < -0.4 is 5.73 Å². The number of thioether (sulfide) groups is 1. The van der Waals surface area contributed by atoms with E-state index in [0.717, 1.165) is 22.4 Å². The van der Waals surface area contributed by atoms with E-state index >= 15 is 0 Å². The number of nitrogens with two attached hydrogens (primary N) is 1. The van der Waals surface area contributed by atoms with Crippen LogP contribution in [0.1, 0.15) is 11.1 Å². The van der Waals surface area contributed by atoms with Crippen LogP contribution >= 0.6 is 11.8 Å². The lowest BCUT2D eigenvalue weighted by atomic mass is 10.1. The smallest absolute Gasteiger partial charge is 0.237 e. The van der Waals surface area contributed by atoms with Gasteiger partial charge < -0.3 is 5.73 Å². The molecule has 0 saturated heterocycles. The van der Waals surface area contributed by atoms with Gasteiger partial charge in [-0.25, -0.2) is 0 Å². The van der Waals surface area contributed by atoms with E-state index in [1.165, 1.54) is 11.8 Å². The van der Waals surface area contributed by atoms with Gasteiger partial charge in [-0.05, 0) is 18.6 Å². The molecule has 1 heterocycles. The molecule has 0 unspecified atom stereocenters. The third-order valence-corrected chi connectivity index (χ3v) is 4.64. The van der Waals surface area contributed by atoms with E-state index in [1.54, 1.807) is 4.57 Å². The van der Waals surface area contributed by atoms with E-state index in [9.17, 15) is 4.79 Å². The van der Waals surface area contributed by atoms with Crippen LogP contribution in [0.25, 0.3) is 17.5 Å². The lowest BCUT2D eigenvalue weighted by Gasteiger charge is -2.08. The lowest BCUT2D eigenvalue weighted by molar-refractivity contribution is -0.118. The zero-order chi connectivity index (χ0) is 18.4. The number of amides is 1. The van der Waals surface area contributed by atoms with E-state index in [4.69, 9.17) is 5.73 Å². The van der Waals surface area contributed by atoms with Crippen LogP contribution in [0.5, 0.6) is 0 Å². The highest BCUT2D eigenvalue weighted by molar-refractivity contribution is 7.99. The van der Waals surface area contributed by atoms with E-state index in [1.807, 2.05) is 61.5 Å². The summed E-state index contributed by atoms with van der Waals surface area (Å²) in [5.74, 6) is 0.960. The maximum absolute atomic E-state index is 11.5. The van der Waals surface area contributed by atoms with Crippen LogP contribution in [0.3, 0.4) is 0 Å². The van der Waals surface area contributed by atoms with E-state index in [2.05, 4.69) is 22.3 Å². The summed E-state index contributed by atoms with van der Waals surface area (Å²) in [6, 6.07) is 18.1. The van der Waals surface area contributed by atoms with E-state index < -0.39 is 5.91 Å². The van der Waals surface area contributed by atoms with E-state index in [-0.39, 0.29) is 6.54 Å². The number of carbonyl (C=O) groups excluding carboxylic acids is 1. The second-order valence-corrected chi connectivity index (χ2v) is 6.84. The maximum Gasteiger partial charge on any atom is 0.237 e. The summed E-state index contributed by atoms with van der Waals surface area (Å²) >= 11 is 1.52. The fourth-order valence-corrected chi connectivity index (χ4v) is 3.31. The fourth-order valence-electron chi connectivity index (χ4n) is 2.56. The average molecular weight is 364 g/mol. The summed E-state index contributed by atoms with van der Waals surface area (Å²) in [5, 5.41) is 9.21. The quantitative estimate of drug-likeness (QED) is 0.651. The fraction of sp³-hybridized carbons (Fsp3) is 0.150. The van der Waals surface area contributed by atoms with Gasteiger partial charge in [0.1, 0.15) is 6.54 Å². The lowest BCUT2D eigenvalue weighted by Crippen LogP contribution is -2.20. The van der Waals surface area contributed by atoms with Gasteiger partial charge in [0.2, 0.25) is 5.91 Å². The molecule has 0 spiro atoms. The van der Waals surface area contributed by atoms with Crippen LogP contribution in [-0.2, 0) is 11.3 Å². The van der Waals surface area contributed by atoms with Crippen LogP contribution in [0.4, 0.5) is 0 Å². The number of carbonyl (C=O) groups is 1. The summed E-state index contributed by atoms with van der Waals surface area (Å²) in [7, 11) is 0. The van der Waals surface area contributed by atoms with Gasteiger partial charge in [0, 0.05) is 11.3 Å². The molecule has 3 aromatic rings. The van der Waals surface area contributed by atoms with Crippen LogP contribution in [-0.4, -0.2) is 26.4 Å². The number of hydrogen-bond acceptors (Lipinski definition) is 4. The first-order chi connectivity index (χ1) is 12.6. The average Bonchev–Trinajstić information content (AvgIpc) is 3.01. The molecule has 0 aliphatic rings. The number of benzene rings is 2. The third-order valence-electron chi connectivity index (χ3n) is 3.73. The van der Waals surface area contributed by atoms with Crippen molar-refractivity contribution in [3.63, 3.8) is 0 Å². The molecule has 0 fully saturated rings. The molecule has 132 valence electrons. The minimum Gasteiger partial charge on any atom is -0.368 e. The van der Waals surface area contributed by atoms with E-state index in [0.29, 0.717) is 11.0 Å². The minimum absolute atomic E-state index is 0.0566. The molecule has 1 aromatic heterocycles. The molecule has 5 nitrogen and oxygen atoms in total. The Morgan fingerprint density at radius 3 is 2.69 bits per heavy atom. The second-order valence-electron chi connectivity index (χ2n) is 5.85. The Balaban J connectivity index is 1.78. The predicted octanol–water partition coefficient (Wildman–Crippen LogP) is 3.54. The summed E-state index contributed by atoms with van der Waals surface area (Å²) in [6.45, 7) is 2.07. The van der Waals surface area contributed by atoms with Crippen molar-refractivity contribution in [3.8, 4) is 11.4 Å². The van der Waals surface area contributed by atoms with Gasteiger partial charge in [0.15, 0.2) is 11.0 Å². The van der Waals surface area contributed by atoms with Gasteiger partial charge in [-0.2, -0.15) is 0 Å². The Hall–Kier alpha value is -2.86. The molecule has 0 saturated carbocycles. The molecule has 2 N–H and O–H groups in total. The molecule has 0 aliphatic carbocycles. The van der Waals surface area contributed by atoms with Gasteiger partial charge in [-0.1, -0.05) is 78.0 Å². The number of primary amides is 1. The van der Waals surface area contributed by atoms with Gasteiger partial charge >= 0.3 is 0 Å². The summed E-state index contributed by atoms with van der Waals surface area (Å²) in [6.07, 6.45) is 4.12. The molecule has 0 atom stereocenters. The van der Waals surface area contributed by atoms with Gasteiger partial charge in [-0.15, -0.1) is 10.2 Å². The van der Waals surface area contributed by atoms with Crippen molar-refractivity contribution in [1.82, 2.24) is 14.8 Å². The zero-order valence-corrected chi connectivity index (χ0v) is 15.3. The number of nitrogens with zero attached hydrogens (tertiary/aromatic N) is 3. The monoisotopic (exact) mass is 364 g/mol. The maximum atomic E-state index is 11.5. The first-order valence-electron chi connectivity index (χ1n) is 8.26. The molecular formula is C20H20N4OS. The molecule has 26 heavy (non-hydrogen) atoms. The molecule has 0 aliphatic heterocycles. The summed E-state index contributed by atoms with van der Waals surface area (Å²) in [4.78, 5) is 11.5. The second kappa shape index (κ2) is 8.49. The molecule has 2 aromatic carbocycles. The largest absolute Gasteiger partial charge is 0.368 e. The van der Waals surface area contributed by atoms with Crippen molar-refractivity contribution < 1.29 is 4.79 Å². The van der Waals surface area contributed by atoms with Crippen LogP contribution in [0.2, 0.25) is 0 Å². The Labute approximate surface area is 156 Å². The van der Waals surface area contributed by atoms with Gasteiger partial charge in [0.05, 0.1) is 0 Å². The SMILES string of the molecule is Cc1cccc(-c2nnc(SCC=Cc3ccccc3)n2CC(N)=O)c1. The molecule has 0 bridgehead atoms. The first kappa shape index (κ1) is 17.9. The van der Waals surface area contributed by atoms with Crippen molar-refractivity contribution in [3.05, 3.63) is 71.8 Å². The molecule has 0 radical (unpaired) electrons. The van der Waals surface area contributed by atoms with Crippen molar-refractivity contribution in [2.45, 2.75) is 18.6 Å². The predicted molar refractivity (Wildman–Crippen MR) is 106 cm³/mol. The number of aryl methyl sites for hydroxylation is 1. The number of rotatable bonds is 7. The number of aromatic nitrogens is 3. The standard InChI is InChI=1S/C20H20N4OS/c1-15-7-5-11-17(13-15)19-22-23-20(24(19)14-18(21)25)26-12-6-10-16-8-3-2-4-9-16/h2-11,13H,12,14H2,1H3,(H2,21,25). The summed E-state index contributed by atoms with van der Waals surface area (Å²) in [5.41, 5.74) is 8.61. The van der Waals surface area contributed by atoms with Crippen molar-refractivity contribution in [2.75, 3.05) is 5.75 Å². The van der Waals surface area contributed by atoms with Gasteiger partial charge in [-0.3, -0.25) is 9.36 Å². The normalized spacial score (nSPS) is 11.1. The Morgan fingerprint density at radius 2 is 1.96 bits per heavy atom. The minimum atomic E-state index is -0.416. The Morgan fingerprint density at radius 1 is 1.15 bits per heavy atom. The van der Waals surface area contributed by atoms with Crippen molar-refractivity contribution in [2.24, 2.45) is 5.73 Å². The molecule has 1 amide bonds. The highest BCUT2D eigenvalue weighted by atomic mass is 32.2. The zero-order valence-electron chi connectivity index (χ0n) is 14.5. The van der Waals surface area contributed by atoms with Crippen molar-refractivity contribution >= 4 is 23.7 Å². The number of hydrogen-bond donors (Lipinski definition) is 1. The molecule has 3 rings (SSSR count). The van der Waals surface area contributed by atoms with Crippen molar-refractivity contribution in [1.29, 1.82) is 0 Å². The van der Waals surface area contributed by atoms with Crippen LogP contribution in [0, 0.1) is 6.92 Å². The van der Waals surface area contributed by atoms with Gasteiger partial charge in [0.25, 0.3) is 0 Å². The Bertz CT molecular complexity index is 919. The molecule has 6 heteroatoms. The highest BCUT2D eigenvalue weighted by Gasteiger charge is 2.15. The highest BCUT2D eigenvalue weighted by Crippen LogP contribution is 2.24. The first-order valence-corrected chi connectivity index (χ1v) is 9.25. The molecular weight excluding hydrogens is 344 g/mol. The van der Waals surface area contributed by atoms with Crippen LogP contribution in [0.15, 0.2) is 65.8 Å².